The van der Waals surface area contributed by atoms with Gasteiger partial charge in [0.15, 0.2) is 5.78 Å². The second-order valence-corrected chi connectivity index (χ2v) is 5.02. The Balaban J connectivity index is 1.78. The van der Waals surface area contributed by atoms with Crippen molar-refractivity contribution < 1.29 is 14.3 Å². The highest BCUT2D eigenvalue weighted by Gasteiger charge is 2.33. The van der Waals surface area contributed by atoms with Gasteiger partial charge in [0.2, 0.25) is 0 Å². The Morgan fingerprint density at radius 2 is 2.10 bits per heavy atom. The maximum Gasteiger partial charge on any atom is 0.354 e. The molecule has 1 atom stereocenters. The zero-order valence-electron chi connectivity index (χ0n) is 11.2. The zero-order chi connectivity index (χ0) is 14.1. The first-order valence-corrected chi connectivity index (χ1v) is 6.57. The predicted molar refractivity (Wildman–Crippen MR) is 73.8 cm³/mol. The van der Waals surface area contributed by atoms with Crippen LogP contribution in [0.4, 0.5) is 0 Å². The lowest BCUT2D eigenvalue weighted by molar-refractivity contribution is 0.0594. The number of carbonyl (C=O) groups is 2. The molecule has 102 valence electrons. The molecule has 1 aliphatic rings. The molecule has 1 aromatic heterocycles. The summed E-state index contributed by atoms with van der Waals surface area (Å²) < 4.78 is 4.65. The number of methoxy groups -OCH3 is 1. The number of H-pyrrole nitrogens is 1. The topological polar surface area (TPSA) is 59.2 Å². The Kier molecular flexibility index (Phi) is 3.14. The number of benzene rings is 1. The summed E-state index contributed by atoms with van der Waals surface area (Å²) >= 11 is 0. The summed E-state index contributed by atoms with van der Waals surface area (Å²) in [5.74, 6) is -0.368. The first-order valence-electron chi connectivity index (χ1n) is 6.57. The van der Waals surface area contributed by atoms with Crippen molar-refractivity contribution in [1.29, 1.82) is 0 Å². The molecule has 0 aliphatic heterocycles. The quantitative estimate of drug-likeness (QED) is 0.870. The average Bonchev–Trinajstić information content (AvgIpc) is 3.00. The van der Waals surface area contributed by atoms with Crippen LogP contribution in [-0.4, -0.2) is 23.8 Å². The van der Waals surface area contributed by atoms with Crippen molar-refractivity contribution in [2.24, 2.45) is 5.92 Å². The van der Waals surface area contributed by atoms with Crippen LogP contribution in [0.25, 0.3) is 0 Å². The van der Waals surface area contributed by atoms with Crippen LogP contribution in [0.5, 0.6) is 0 Å². The average molecular weight is 269 g/mol. The fourth-order valence-corrected chi connectivity index (χ4v) is 2.72. The number of fused-ring (bicyclic) bond motifs is 1. The number of esters is 1. The molecule has 3 rings (SSSR count). The van der Waals surface area contributed by atoms with Gasteiger partial charge < -0.3 is 9.72 Å². The van der Waals surface area contributed by atoms with Crippen LogP contribution in [0.1, 0.15) is 32.1 Å². The van der Waals surface area contributed by atoms with Crippen molar-refractivity contribution in [3.05, 3.63) is 58.9 Å². The minimum atomic E-state index is -0.438. The van der Waals surface area contributed by atoms with Crippen LogP contribution in [-0.2, 0) is 17.6 Å². The lowest BCUT2D eigenvalue weighted by Gasteiger charge is -2.08. The number of ketones is 1. The minimum Gasteiger partial charge on any atom is -0.464 e. The van der Waals surface area contributed by atoms with Gasteiger partial charge in [-0.05, 0) is 24.5 Å². The number of ether oxygens (including phenoxy) is 1. The van der Waals surface area contributed by atoms with Crippen molar-refractivity contribution in [3.8, 4) is 0 Å². The lowest BCUT2D eigenvalue weighted by Crippen LogP contribution is -2.13. The van der Waals surface area contributed by atoms with E-state index in [1.54, 1.807) is 6.07 Å². The van der Waals surface area contributed by atoms with Crippen molar-refractivity contribution in [3.63, 3.8) is 0 Å². The van der Waals surface area contributed by atoms with Gasteiger partial charge in [-0.2, -0.15) is 0 Å². The van der Waals surface area contributed by atoms with Crippen LogP contribution < -0.4 is 0 Å². The molecule has 0 bridgehead atoms. The van der Waals surface area contributed by atoms with Crippen LogP contribution >= 0.6 is 0 Å². The summed E-state index contributed by atoms with van der Waals surface area (Å²) in [7, 11) is 1.33. The maximum absolute atomic E-state index is 12.4. The second-order valence-electron chi connectivity index (χ2n) is 5.02. The molecule has 4 nitrogen and oxygen atoms in total. The molecule has 1 aliphatic carbocycles. The van der Waals surface area contributed by atoms with E-state index < -0.39 is 5.97 Å². The van der Waals surface area contributed by atoms with Crippen molar-refractivity contribution in [2.45, 2.75) is 12.8 Å². The second kappa shape index (κ2) is 4.96. The molecular formula is C16H15NO3. The molecule has 1 unspecified atom stereocenters. The summed E-state index contributed by atoms with van der Waals surface area (Å²) in [4.78, 5) is 26.8. The van der Waals surface area contributed by atoms with Gasteiger partial charge in [-0.15, -0.1) is 0 Å². The SMILES string of the molecule is COC(=O)c1cc2c([nH]1)CC(Cc1ccccc1)C2=O. The number of aromatic nitrogens is 1. The number of rotatable bonds is 3. The molecule has 20 heavy (non-hydrogen) atoms. The van der Waals surface area contributed by atoms with E-state index in [1.165, 1.54) is 7.11 Å². The summed E-state index contributed by atoms with van der Waals surface area (Å²) in [5.41, 5.74) is 2.98. The molecule has 0 fully saturated rings. The van der Waals surface area contributed by atoms with E-state index in [1.807, 2.05) is 30.3 Å². The van der Waals surface area contributed by atoms with E-state index in [2.05, 4.69) is 9.72 Å². The van der Waals surface area contributed by atoms with Crippen LogP contribution in [0.3, 0.4) is 0 Å². The number of hydrogen-bond donors (Lipinski definition) is 1. The highest BCUT2D eigenvalue weighted by Crippen LogP contribution is 2.29. The molecule has 1 heterocycles. The fraction of sp³-hybridized carbons (Fsp3) is 0.250. The molecule has 4 heteroatoms. The van der Waals surface area contributed by atoms with Crippen LogP contribution in [0, 0.1) is 5.92 Å². The maximum atomic E-state index is 12.4. The lowest BCUT2D eigenvalue weighted by atomic mass is 9.96. The Labute approximate surface area is 116 Å². The molecule has 0 saturated heterocycles. The smallest absolute Gasteiger partial charge is 0.354 e. The largest absolute Gasteiger partial charge is 0.464 e. The number of nitrogens with one attached hydrogen (secondary N) is 1. The van der Waals surface area contributed by atoms with E-state index in [4.69, 9.17) is 0 Å². The Morgan fingerprint density at radius 3 is 2.75 bits per heavy atom. The first kappa shape index (κ1) is 12.7. The predicted octanol–water partition coefficient (Wildman–Crippen LogP) is 2.40. The minimum absolute atomic E-state index is 0.0367. The number of hydrogen-bond acceptors (Lipinski definition) is 3. The summed E-state index contributed by atoms with van der Waals surface area (Å²) in [6.07, 6.45) is 1.38. The van der Waals surface area contributed by atoms with Gasteiger partial charge in [0.05, 0.1) is 7.11 Å². The van der Waals surface area contributed by atoms with Gasteiger partial charge in [0.1, 0.15) is 5.69 Å². The molecule has 0 amide bonds. The van der Waals surface area contributed by atoms with Crippen molar-refractivity contribution in [1.82, 2.24) is 4.98 Å². The number of carbonyl (C=O) groups excluding carboxylic acids is 2. The fourth-order valence-electron chi connectivity index (χ4n) is 2.72. The Morgan fingerprint density at radius 1 is 1.35 bits per heavy atom. The van der Waals surface area contributed by atoms with Crippen LogP contribution in [0.15, 0.2) is 36.4 Å². The van der Waals surface area contributed by atoms with E-state index >= 15 is 0 Å². The summed E-state index contributed by atoms with van der Waals surface area (Å²) in [6.45, 7) is 0. The third-order valence-electron chi connectivity index (χ3n) is 3.72. The van der Waals surface area contributed by atoms with Gasteiger partial charge in [-0.1, -0.05) is 30.3 Å². The Hall–Kier alpha value is -2.36. The van der Waals surface area contributed by atoms with Crippen molar-refractivity contribution >= 4 is 11.8 Å². The molecular weight excluding hydrogens is 254 g/mol. The number of Topliss-reactive ketones (excluding diaryl/α,β-unsaturated/α-hetero) is 1. The van der Waals surface area contributed by atoms with E-state index in [0.29, 0.717) is 17.7 Å². The molecule has 0 saturated carbocycles. The van der Waals surface area contributed by atoms with E-state index in [9.17, 15) is 9.59 Å². The van der Waals surface area contributed by atoms with E-state index in [0.717, 1.165) is 17.7 Å². The van der Waals surface area contributed by atoms with Gasteiger partial charge in [-0.3, -0.25) is 4.79 Å². The summed E-state index contributed by atoms with van der Waals surface area (Å²) in [6, 6.07) is 11.6. The molecule has 0 radical (unpaired) electrons. The third kappa shape index (κ3) is 2.13. The highest BCUT2D eigenvalue weighted by molar-refractivity contribution is 6.04. The first-order chi connectivity index (χ1) is 9.69. The third-order valence-corrected chi connectivity index (χ3v) is 3.72. The van der Waals surface area contributed by atoms with Crippen LogP contribution in [0.2, 0.25) is 0 Å². The standard InChI is InChI=1S/C16H15NO3/c1-20-16(19)14-9-12-13(17-14)8-11(15(12)18)7-10-5-3-2-4-6-10/h2-6,9,11,17H,7-8H2,1H3. The number of aromatic amines is 1. The molecule has 0 spiro atoms. The monoisotopic (exact) mass is 269 g/mol. The molecule has 2 aromatic rings. The Bertz CT molecular complexity index is 658. The van der Waals surface area contributed by atoms with Gasteiger partial charge in [-0.25, -0.2) is 4.79 Å². The normalized spacial score (nSPS) is 17.1. The summed E-state index contributed by atoms with van der Waals surface area (Å²) in [5, 5.41) is 0. The molecule has 1 N–H and O–H groups in total. The van der Waals surface area contributed by atoms with Gasteiger partial charge in [0, 0.05) is 17.2 Å². The van der Waals surface area contributed by atoms with Gasteiger partial charge >= 0.3 is 5.97 Å². The van der Waals surface area contributed by atoms with Crippen molar-refractivity contribution in [2.75, 3.05) is 7.11 Å². The molecule has 1 aromatic carbocycles. The zero-order valence-corrected chi connectivity index (χ0v) is 11.2. The van der Waals surface area contributed by atoms with Gasteiger partial charge in [0.25, 0.3) is 0 Å². The highest BCUT2D eigenvalue weighted by atomic mass is 16.5. The van der Waals surface area contributed by atoms with E-state index in [-0.39, 0.29) is 11.7 Å².